The second kappa shape index (κ2) is 21.7. The molecule has 6 rings (SSSR count). The number of carbonyl (C=O) groups is 2. The molecule has 2 aromatic carbocycles. The molecule has 7 N–H and O–H groups in total. The highest BCUT2D eigenvalue weighted by Crippen LogP contribution is 2.41. The molecule has 3 heterocycles. The van der Waals surface area contributed by atoms with Gasteiger partial charge >= 0.3 is 0 Å². The highest BCUT2D eigenvalue weighted by Gasteiger charge is 2.40. The maximum absolute atomic E-state index is 14.1. The molecule has 2 fully saturated rings. The first-order chi connectivity index (χ1) is 28.9. The van der Waals surface area contributed by atoms with Crippen molar-refractivity contribution in [1.29, 1.82) is 0 Å². The quantitative estimate of drug-likeness (QED) is 0.0769. The number of halogens is 2. The van der Waals surface area contributed by atoms with Crippen molar-refractivity contribution in [3.05, 3.63) is 75.0 Å². The summed E-state index contributed by atoms with van der Waals surface area (Å²) in [6.45, 7) is 0.872. The van der Waals surface area contributed by atoms with Crippen molar-refractivity contribution >= 4 is 64.1 Å². The molecular weight excluding hydrogens is 833 g/mol. The van der Waals surface area contributed by atoms with Gasteiger partial charge < -0.3 is 50.7 Å². The SMILES string of the molecule is CN(CCO)c1nc(CCCCCCc2cc(Cl)c(CN3CSC[C@H]3C(=O)N3CCN(C4CC4)c4ccccc43)cc2Cl)cc(C(=O)NC[C@H](O)[C@@H](O)[C@H](O)[C@H](O)CO)n1. The van der Waals surface area contributed by atoms with Crippen LogP contribution in [0, 0.1) is 0 Å². The van der Waals surface area contributed by atoms with Crippen molar-refractivity contribution in [3.8, 4) is 0 Å². The summed E-state index contributed by atoms with van der Waals surface area (Å²) in [4.78, 5) is 44.3. The van der Waals surface area contributed by atoms with Crippen molar-refractivity contribution in [1.82, 2.24) is 20.2 Å². The van der Waals surface area contributed by atoms with Gasteiger partial charge in [-0.05, 0) is 80.0 Å². The number of para-hydroxylation sites is 2. The van der Waals surface area contributed by atoms with E-state index in [9.17, 15) is 35.1 Å². The molecule has 1 saturated heterocycles. The predicted octanol–water partition coefficient (Wildman–Crippen LogP) is 2.61. The fourth-order valence-corrected chi connectivity index (χ4v) is 9.39. The first-order valence-corrected chi connectivity index (χ1v) is 22.6. The summed E-state index contributed by atoms with van der Waals surface area (Å²) in [7, 11) is 1.69. The number of nitrogens with zero attached hydrogens (tertiary/aromatic N) is 6. The Bertz CT molecular complexity index is 1930. The van der Waals surface area contributed by atoms with Gasteiger partial charge in [0.25, 0.3) is 5.91 Å². The van der Waals surface area contributed by atoms with E-state index >= 15 is 0 Å². The summed E-state index contributed by atoms with van der Waals surface area (Å²) >= 11 is 15.5. The van der Waals surface area contributed by atoms with E-state index in [4.69, 9.17) is 28.3 Å². The zero-order chi connectivity index (χ0) is 42.9. The second-order valence-corrected chi connectivity index (χ2v) is 17.6. The standard InChI is InChI=1S/C42H57Cl2N7O8S/c1-48(16-17-52)42-46-28(20-32(47-42)40(58)45-21-36(54)38(56)39(57)37(55)23-53)9-5-3-2-4-8-26-18-31(44)27(19-30(26)43)22-49-25-60-24-35(49)41(59)51-15-14-50(29-12-13-29)33-10-6-7-11-34(33)51/h6-7,10-11,18-20,29,35-39,52-57H,2-5,8-9,12-17,21-25H2,1H3,(H,45,58)/t35-,36-,37+,38+,39+/m0/s1. The van der Waals surface area contributed by atoms with E-state index < -0.39 is 43.5 Å². The minimum atomic E-state index is -1.82. The Morgan fingerprint density at radius 3 is 2.30 bits per heavy atom. The van der Waals surface area contributed by atoms with E-state index in [0.717, 1.165) is 72.8 Å². The van der Waals surface area contributed by atoms with E-state index in [1.807, 2.05) is 29.2 Å². The van der Waals surface area contributed by atoms with Gasteiger partial charge in [-0.1, -0.05) is 48.2 Å². The van der Waals surface area contributed by atoms with Gasteiger partial charge in [0.15, 0.2) is 0 Å². The summed E-state index contributed by atoms with van der Waals surface area (Å²) < 4.78 is 0. The number of thioether (sulfide) groups is 1. The number of carbonyl (C=O) groups excluding carboxylic acids is 2. The monoisotopic (exact) mass is 889 g/mol. The number of aliphatic hydroxyl groups is 6. The highest BCUT2D eigenvalue weighted by molar-refractivity contribution is 7.99. The molecule has 5 atom stereocenters. The third-order valence-corrected chi connectivity index (χ3v) is 13.1. The lowest BCUT2D eigenvalue weighted by molar-refractivity contribution is -0.122. The number of benzene rings is 2. The number of hydrogen-bond acceptors (Lipinski definition) is 14. The van der Waals surface area contributed by atoms with Gasteiger partial charge in [-0.15, -0.1) is 11.8 Å². The molecule has 328 valence electrons. The Morgan fingerprint density at radius 2 is 1.58 bits per heavy atom. The third-order valence-electron chi connectivity index (χ3n) is 11.4. The van der Waals surface area contributed by atoms with Crippen LogP contribution in [0.25, 0.3) is 0 Å². The fourth-order valence-electron chi connectivity index (χ4n) is 7.67. The second-order valence-electron chi connectivity index (χ2n) is 15.8. The number of aromatic nitrogens is 2. The highest BCUT2D eigenvalue weighted by atomic mass is 35.5. The minimum absolute atomic E-state index is 0.0194. The Balaban J connectivity index is 0.987. The van der Waals surface area contributed by atoms with Crippen molar-refractivity contribution in [2.75, 3.05) is 72.8 Å². The number of unbranched alkanes of at least 4 members (excludes halogenated alkanes) is 3. The number of rotatable bonds is 21. The largest absolute Gasteiger partial charge is 0.395 e. The zero-order valence-corrected chi connectivity index (χ0v) is 36.2. The lowest BCUT2D eigenvalue weighted by Crippen LogP contribution is -2.52. The van der Waals surface area contributed by atoms with Gasteiger partial charge in [-0.2, -0.15) is 0 Å². The Morgan fingerprint density at radius 1 is 0.900 bits per heavy atom. The smallest absolute Gasteiger partial charge is 0.270 e. The van der Waals surface area contributed by atoms with Crippen LogP contribution >= 0.6 is 35.0 Å². The Labute approximate surface area is 365 Å². The van der Waals surface area contributed by atoms with Crippen LogP contribution in [0.4, 0.5) is 17.3 Å². The number of aliphatic hydroxyl groups excluding tert-OH is 6. The number of fused-ring (bicyclic) bond motifs is 1. The first-order valence-electron chi connectivity index (χ1n) is 20.7. The number of aryl methyl sites for hydroxylation is 2. The maximum Gasteiger partial charge on any atom is 0.270 e. The predicted molar refractivity (Wildman–Crippen MR) is 234 cm³/mol. The lowest BCUT2D eigenvalue weighted by atomic mass is 10.0. The molecule has 3 aliphatic rings. The molecule has 2 amide bonds. The number of likely N-dealkylation sites (N-methyl/N-ethyl adjacent to an activating group) is 1. The van der Waals surface area contributed by atoms with Crippen molar-refractivity contribution in [3.63, 3.8) is 0 Å². The molecule has 0 unspecified atom stereocenters. The molecule has 0 spiro atoms. The third kappa shape index (κ3) is 11.6. The van der Waals surface area contributed by atoms with Gasteiger partial charge in [0, 0.05) is 73.2 Å². The van der Waals surface area contributed by atoms with Crippen LogP contribution in [-0.4, -0.2) is 152 Å². The van der Waals surface area contributed by atoms with Crippen molar-refractivity contribution in [2.45, 2.75) is 94.4 Å². The van der Waals surface area contributed by atoms with Gasteiger partial charge in [-0.3, -0.25) is 14.5 Å². The van der Waals surface area contributed by atoms with Gasteiger partial charge in [0.05, 0.1) is 36.7 Å². The molecule has 60 heavy (non-hydrogen) atoms. The van der Waals surface area contributed by atoms with E-state index in [0.29, 0.717) is 41.3 Å². The van der Waals surface area contributed by atoms with Crippen LogP contribution < -0.4 is 20.0 Å². The van der Waals surface area contributed by atoms with Crippen LogP contribution in [0.3, 0.4) is 0 Å². The molecule has 2 aliphatic heterocycles. The van der Waals surface area contributed by atoms with E-state index in [2.05, 4.69) is 37.2 Å². The topological polar surface area (TPSA) is 206 Å². The van der Waals surface area contributed by atoms with Crippen LogP contribution in [0.15, 0.2) is 42.5 Å². The molecular formula is C42H57Cl2N7O8S. The fraction of sp³-hybridized carbons (Fsp3) is 0.571. The number of amides is 2. The summed E-state index contributed by atoms with van der Waals surface area (Å²) in [6.07, 6.45) is 0.238. The van der Waals surface area contributed by atoms with Gasteiger partial charge in [-0.25, -0.2) is 9.97 Å². The van der Waals surface area contributed by atoms with E-state index in [1.54, 1.807) is 29.8 Å². The molecule has 1 aromatic heterocycles. The summed E-state index contributed by atoms with van der Waals surface area (Å²) in [5, 5.41) is 62.0. The summed E-state index contributed by atoms with van der Waals surface area (Å²) in [5.41, 5.74) is 4.65. The number of nitrogens with one attached hydrogen (secondary N) is 1. The average molecular weight is 891 g/mol. The maximum atomic E-state index is 14.1. The van der Waals surface area contributed by atoms with E-state index in [1.165, 1.54) is 12.8 Å². The van der Waals surface area contributed by atoms with Crippen LogP contribution in [0.2, 0.25) is 10.0 Å². The first kappa shape index (κ1) is 46.2. The van der Waals surface area contributed by atoms with Crippen molar-refractivity contribution < 1.29 is 40.2 Å². The molecule has 0 radical (unpaired) electrons. The lowest BCUT2D eigenvalue weighted by Gasteiger charge is -2.39. The molecule has 15 nitrogen and oxygen atoms in total. The summed E-state index contributed by atoms with van der Waals surface area (Å²) in [6, 6.07) is 14.0. The average Bonchev–Trinajstić information content (AvgIpc) is 4.00. The van der Waals surface area contributed by atoms with Crippen molar-refractivity contribution in [2.24, 2.45) is 0 Å². The van der Waals surface area contributed by atoms with Gasteiger partial charge in [0.2, 0.25) is 11.9 Å². The molecule has 1 saturated carbocycles. The van der Waals surface area contributed by atoms with Gasteiger partial charge in [0.1, 0.15) is 24.0 Å². The normalized spacial score (nSPS) is 18.9. The minimum Gasteiger partial charge on any atom is -0.395 e. The summed E-state index contributed by atoms with van der Waals surface area (Å²) in [5.74, 6) is 1.18. The Hall–Kier alpha value is -3.29. The zero-order valence-electron chi connectivity index (χ0n) is 33.9. The number of anilines is 3. The molecule has 1 aliphatic carbocycles. The molecule has 0 bridgehead atoms. The number of hydrogen-bond donors (Lipinski definition) is 7. The molecule has 18 heteroatoms. The van der Waals surface area contributed by atoms with E-state index in [-0.39, 0.29) is 36.7 Å². The van der Waals surface area contributed by atoms with Crippen LogP contribution in [0.5, 0.6) is 0 Å². The molecule has 3 aromatic rings. The van der Waals surface area contributed by atoms with Crippen LogP contribution in [0.1, 0.15) is 65.8 Å². The Kier molecular flexibility index (Phi) is 16.7. The van der Waals surface area contributed by atoms with Crippen LogP contribution in [-0.2, 0) is 24.2 Å².